The number of benzene rings is 1. The molecular weight excluding hydrogens is 338 g/mol. The number of H-pyrrole nitrogens is 1. The van der Waals surface area contributed by atoms with Gasteiger partial charge in [0.05, 0.1) is 17.8 Å². The largest absolute Gasteiger partial charge is 0.349 e. The summed E-state index contributed by atoms with van der Waals surface area (Å²) in [5, 5.41) is 8.16. The van der Waals surface area contributed by atoms with Crippen molar-refractivity contribution >= 4 is 17.0 Å². The van der Waals surface area contributed by atoms with Crippen LogP contribution in [0.4, 0.5) is 5.95 Å². The van der Waals surface area contributed by atoms with Crippen molar-refractivity contribution in [3.8, 4) is 0 Å². The van der Waals surface area contributed by atoms with E-state index in [4.69, 9.17) is 0 Å². The number of rotatable bonds is 5. The van der Waals surface area contributed by atoms with Crippen molar-refractivity contribution in [2.45, 2.75) is 59.5 Å². The van der Waals surface area contributed by atoms with Crippen LogP contribution < -0.4 is 10.9 Å². The van der Waals surface area contributed by atoms with E-state index in [2.05, 4.69) is 65.4 Å². The summed E-state index contributed by atoms with van der Waals surface area (Å²) >= 11 is 0. The van der Waals surface area contributed by atoms with Gasteiger partial charge >= 0.3 is 0 Å². The molecular formula is C21H29N5O. The molecule has 0 radical (unpaired) electrons. The Labute approximate surface area is 160 Å². The van der Waals surface area contributed by atoms with Crippen molar-refractivity contribution in [3.05, 3.63) is 51.9 Å². The van der Waals surface area contributed by atoms with Crippen LogP contribution in [0.25, 0.3) is 11.0 Å². The average Bonchev–Trinajstić information content (AvgIpc) is 2.99. The maximum Gasteiger partial charge on any atom is 0.263 e. The van der Waals surface area contributed by atoms with Crippen molar-refractivity contribution in [3.63, 3.8) is 0 Å². The Morgan fingerprint density at radius 1 is 1.15 bits per heavy atom. The molecule has 2 heterocycles. The highest BCUT2D eigenvalue weighted by Crippen LogP contribution is 2.21. The Kier molecular flexibility index (Phi) is 5.09. The molecule has 0 fully saturated rings. The minimum absolute atomic E-state index is 0.0182. The van der Waals surface area contributed by atoms with Gasteiger partial charge in [0.15, 0.2) is 5.65 Å². The van der Waals surface area contributed by atoms with Gasteiger partial charge in [-0.05, 0) is 51.2 Å². The zero-order chi connectivity index (χ0) is 19.8. The fourth-order valence-corrected chi connectivity index (χ4v) is 3.18. The van der Waals surface area contributed by atoms with E-state index in [1.165, 1.54) is 5.56 Å². The predicted molar refractivity (Wildman–Crippen MR) is 110 cm³/mol. The molecule has 6 nitrogen and oxygen atoms in total. The van der Waals surface area contributed by atoms with E-state index < -0.39 is 0 Å². The maximum absolute atomic E-state index is 12.4. The summed E-state index contributed by atoms with van der Waals surface area (Å²) in [6.45, 7) is 12.6. The van der Waals surface area contributed by atoms with Gasteiger partial charge in [-0.3, -0.25) is 9.78 Å². The molecule has 2 N–H and O–H groups in total. The van der Waals surface area contributed by atoms with Gasteiger partial charge < -0.3 is 5.32 Å². The molecule has 0 saturated heterocycles. The first-order valence-corrected chi connectivity index (χ1v) is 9.49. The summed E-state index contributed by atoms with van der Waals surface area (Å²) in [7, 11) is 0. The van der Waals surface area contributed by atoms with Crippen LogP contribution in [0, 0.1) is 5.92 Å². The first-order chi connectivity index (χ1) is 12.6. The van der Waals surface area contributed by atoms with Gasteiger partial charge in [0.1, 0.15) is 5.39 Å². The van der Waals surface area contributed by atoms with E-state index in [-0.39, 0.29) is 17.1 Å². The number of aromatic amines is 1. The highest BCUT2D eigenvalue weighted by atomic mass is 16.1. The minimum atomic E-state index is -0.252. The van der Waals surface area contributed by atoms with E-state index in [9.17, 15) is 4.79 Å². The van der Waals surface area contributed by atoms with Gasteiger partial charge in [0, 0.05) is 0 Å². The molecule has 0 saturated carbocycles. The summed E-state index contributed by atoms with van der Waals surface area (Å²) in [4.78, 5) is 19.9. The molecule has 0 aliphatic rings. The SMILES string of the molecule is CC(C)Cc1ccc(C(C)Nc2nc3c(cnn3C(C)(C)C)c(=O)[nH]2)cc1. The monoisotopic (exact) mass is 367 g/mol. The molecule has 3 aromatic rings. The first kappa shape index (κ1) is 19.1. The minimum Gasteiger partial charge on any atom is -0.349 e. The zero-order valence-electron chi connectivity index (χ0n) is 17.0. The van der Waals surface area contributed by atoms with Crippen molar-refractivity contribution in [1.29, 1.82) is 0 Å². The third-order valence-electron chi connectivity index (χ3n) is 4.55. The lowest BCUT2D eigenvalue weighted by Gasteiger charge is -2.20. The van der Waals surface area contributed by atoms with Crippen molar-refractivity contribution in [2.24, 2.45) is 5.92 Å². The molecule has 0 aliphatic carbocycles. The molecule has 0 bridgehead atoms. The van der Waals surface area contributed by atoms with Crippen molar-refractivity contribution < 1.29 is 0 Å². The summed E-state index contributed by atoms with van der Waals surface area (Å²) in [5.41, 5.74) is 2.64. The van der Waals surface area contributed by atoms with E-state index in [0.29, 0.717) is 22.9 Å². The van der Waals surface area contributed by atoms with Crippen LogP contribution in [-0.4, -0.2) is 19.7 Å². The van der Waals surface area contributed by atoms with Gasteiger partial charge in [0.2, 0.25) is 5.95 Å². The Hall–Kier alpha value is -2.63. The molecule has 1 aromatic carbocycles. The molecule has 6 heteroatoms. The molecule has 3 rings (SSSR count). The lowest BCUT2D eigenvalue weighted by molar-refractivity contribution is 0.366. The van der Waals surface area contributed by atoms with Crippen LogP contribution in [-0.2, 0) is 12.0 Å². The lowest BCUT2D eigenvalue weighted by Crippen LogP contribution is -2.24. The van der Waals surface area contributed by atoms with Crippen LogP contribution in [0.1, 0.15) is 58.7 Å². The normalized spacial score (nSPS) is 13.3. The molecule has 27 heavy (non-hydrogen) atoms. The molecule has 2 aromatic heterocycles. The smallest absolute Gasteiger partial charge is 0.263 e. The molecule has 144 valence electrons. The van der Waals surface area contributed by atoms with E-state index in [1.54, 1.807) is 10.9 Å². The fourth-order valence-electron chi connectivity index (χ4n) is 3.18. The number of anilines is 1. The Morgan fingerprint density at radius 2 is 1.81 bits per heavy atom. The van der Waals surface area contributed by atoms with Crippen molar-refractivity contribution in [1.82, 2.24) is 19.7 Å². The van der Waals surface area contributed by atoms with Crippen LogP contribution in [0.15, 0.2) is 35.3 Å². The van der Waals surface area contributed by atoms with Gasteiger partial charge in [-0.1, -0.05) is 38.1 Å². The molecule has 0 spiro atoms. The molecule has 1 unspecified atom stereocenters. The second-order valence-electron chi connectivity index (χ2n) is 8.58. The third-order valence-corrected chi connectivity index (χ3v) is 4.55. The first-order valence-electron chi connectivity index (χ1n) is 9.49. The summed E-state index contributed by atoms with van der Waals surface area (Å²) in [6, 6.07) is 8.62. The summed E-state index contributed by atoms with van der Waals surface area (Å²) < 4.78 is 1.79. The van der Waals surface area contributed by atoms with Crippen LogP contribution >= 0.6 is 0 Å². The van der Waals surface area contributed by atoms with Gasteiger partial charge in [-0.25, -0.2) is 4.68 Å². The molecule has 1 atom stereocenters. The quantitative estimate of drug-likeness (QED) is 0.707. The van der Waals surface area contributed by atoms with E-state index in [0.717, 1.165) is 12.0 Å². The topological polar surface area (TPSA) is 75.6 Å². The van der Waals surface area contributed by atoms with Crippen LogP contribution in [0.2, 0.25) is 0 Å². The summed E-state index contributed by atoms with van der Waals surface area (Å²) in [6.07, 6.45) is 2.65. The molecule has 0 aliphatic heterocycles. The van der Waals surface area contributed by atoms with Gasteiger partial charge in [-0.15, -0.1) is 0 Å². The predicted octanol–water partition coefficient (Wildman–Crippen LogP) is 4.25. The third kappa shape index (κ3) is 4.21. The number of hydrogen-bond acceptors (Lipinski definition) is 4. The Bertz CT molecular complexity index is 976. The lowest BCUT2D eigenvalue weighted by atomic mass is 10.00. The molecule has 0 amide bonds. The number of aromatic nitrogens is 4. The van der Waals surface area contributed by atoms with E-state index in [1.807, 2.05) is 20.8 Å². The average molecular weight is 367 g/mol. The standard InChI is InChI=1S/C21H29N5O/c1-13(2)11-15-7-9-16(10-8-15)14(3)23-20-24-18-17(19(27)25-20)12-22-26(18)21(4,5)6/h7-10,12-14H,11H2,1-6H3,(H2,23,24,25,27). The van der Waals surface area contributed by atoms with Crippen LogP contribution in [0.3, 0.4) is 0 Å². The van der Waals surface area contributed by atoms with Gasteiger partial charge in [0.25, 0.3) is 5.56 Å². The number of nitrogens with one attached hydrogen (secondary N) is 2. The summed E-state index contributed by atoms with van der Waals surface area (Å²) in [5.74, 6) is 1.09. The second kappa shape index (κ2) is 7.18. The Balaban J connectivity index is 1.86. The van der Waals surface area contributed by atoms with Crippen molar-refractivity contribution in [2.75, 3.05) is 5.32 Å². The fraction of sp³-hybridized carbons (Fsp3) is 0.476. The Morgan fingerprint density at radius 3 is 2.41 bits per heavy atom. The maximum atomic E-state index is 12.4. The number of hydrogen-bond donors (Lipinski definition) is 2. The van der Waals surface area contributed by atoms with E-state index >= 15 is 0 Å². The van der Waals surface area contributed by atoms with Gasteiger partial charge in [-0.2, -0.15) is 10.1 Å². The zero-order valence-corrected chi connectivity index (χ0v) is 17.0. The number of nitrogens with zero attached hydrogens (tertiary/aromatic N) is 3. The highest BCUT2D eigenvalue weighted by Gasteiger charge is 2.20. The number of fused-ring (bicyclic) bond motifs is 1. The van der Waals surface area contributed by atoms with Crippen LogP contribution in [0.5, 0.6) is 0 Å². The second-order valence-corrected chi connectivity index (χ2v) is 8.58. The highest BCUT2D eigenvalue weighted by molar-refractivity contribution is 5.74.